The van der Waals surface area contributed by atoms with Crippen LogP contribution in [0, 0.1) is 11.3 Å². The molecule has 108 valence electrons. The summed E-state index contributed by atoms with van der Waals surface area (Å²) < 4.78 is 38.9. The van der Waals surface area contributed by atoms with Crippen molar-refractivity contribution >= 4 is 23.2 Å². The van der Waals surface area contributed by atoms with Gasteiger partial charge in [-0.2, -0.15) is 23.4 Å². The van der Waals surface area contributed by atoms with Gasteiger partial charge in [-0.25, -0.2) is 4.98 Å². The lowest BCUT2D eigenvalue weighted by Crippen LogP contribution is -2.19. The third kappa shape index (κ3) is 3.03. The van der Waals surface area contributed by atoms with Crippen LogP contribution in [-0.4, -0.2) is 22.0 Å². The fourth-order valence-corrected chi connectivity index (χ4v) is 1.76. The van der Waals surface area contributed by atoms with Crippen molar-refractivity contribution < 1.29 is 13.2 Å². The van der Waals surface area contributed by atoms with Crippen LogP contribution < -0.4 is 4.90 Å². The predicted molar refractivity (Wildman–Crippen MR) is 69.1 cm³/mol. The summed E-state index contributed by atoms with van der Waals surface area (Å²) in [6, 6.07) is 2.63. The molecule has 0 spiro atoms. The fourth-order valence-electron chi connectivity index (χ4n) is 1.59. The Balaban J connectivity index is 2.49. The minimum Gasteiger partial charge on any atom is -0.311 e. The summed E-state index contributed by atoms with van der Waals surface area (Å²) in [6.45, 7) is 0. The highest BCUT2D eigenvalue weighted by atomic mass is 35.5. The molecule has 0 fully saturated rings. The summed E-state index contributed by atoms with van der Waals surface area (Å²) in [4.78, 5) is 12.4. The van der Waals surface area contributed by atoms with Crippen LogP contribution in [-0.2, 0) is 6.18 Å². The molecule has 0 aliphatic rings. The van der Waals surface area contributed by atoms with E-state index in [9.17, 15) is 13.2 Å². The Hall–Kier alpha value is -2.40. The van der Waals surface area contributed by atoms with Crippen molar-refractivity contribution in [3.05, 3.63) is 40.9 Å². The van der Waals surface area contributed by atoms with Gasteiger partial charge in [0.15, 0.2) is 5.15 Å². The number of hydrogen-bond donors (Lipinski definition) is 0. The van der Waals surface area contributed by atoms with E-state index in [0.29, 0.717) is 0 Å². The molecule has 0 aliphatic heterocycles. The molecule has 2 heterocycles. The van der Waals surface area contributed by atoms with Gasteiger partial charge in [-0.05, 0) is 6.07 Å². The maximum atomic E-state index is 13.0. The van der Waals surface area contributed by atoms with E-state index in [-0.39, 0.29) is 22.4 Å². The number of nitrogens with zero attached hydrogens (tertiary/aromatic N) is 5. The van der Waals surface area contributed by atoms with Crippen molar-refractivity contribution in [1.29, 1.82) is 5.26 Å². The van der Waals surface area contributed by atoms with Gasteiger partial charge < -0.3 is 4.90 Å². The number of halogens is 4. The molecule has 5 nitrogen and oxygen atoms in total. The lowest BCUT2D eigenvalue weighted by atomic mass is 10.2. The number of alkyl halides is 3. The Labute approximate surface area is 122 Å². The average molecular weight is 314 g/mol. The first-order valence-electron chi connectivity index (χ1n) is 5.52. The molecule has 0 saturated heterocycles. The molecule has 9 heteroatoms. The van der Waals surface area contributed by atoms with Gasteiger partial charge in [-0.3, -0.25) is 4.98 Å². The molecule has 0 saturated carbocycles. The lowest BCUT2D eigenvalue weighted by molar-refractivity contribution is -0.137. The van der Waals surface area contributed by atoms with Crippen molar-refractivity contribution in [2.24, 2.45) is 0 Å². The molecule has 0 radical (unpaired) electrons. The molecular weight excluding hydrogens is 307 g/mol. The van der Waals surface area contributed by atoms with E-state index in [1.807, 2.05) is 0 Å². The first-order valence-corrected chi connectivity index (χ1v) is 5.90. The monoisotopic (exact) mass is 313 g/mol. The molecule has 0 bridgehead atoms. The minimum absolute atomic E-state index is 0.0380. The normalized spacial score (nSPS) is 11.0. The second kappa shape index (κ2) is 5.54. The van der Waals surface area contributed by atoms with Crippen molar-refractivity contribution in [3.8, 4) is 6.07 Å². The zero-order valence-corrected chi connectivity index (χ0v) is 11.3. The highest BCUT2D eigenvalue weighted by Gasteiger charge is 2.35. The van der Waals surface area contributed by atoms with Gasteiger partial charge in [0, 0.05) is 13.2 Å². The van der Waals surface area contributed by atoms with E-state index in [1.54, 1.807) is 6.07 Å². The first kappa shape index (κ1) is 15.0. The molecule has 0 N–H and O–H groups in total. The Morgan fingerprint density at radius 1 is 1.33 bits per heavy atom. The van der Waals surface area contributed by atoms with Gasteiger partial charge in [-0.1, -0.05) is 11.6 Å². The first-order chi connectivity index (χ1) is 9.84. The second-order valence-electron chi connectivity index (χ2n) is 3.94. The molecule has 0 aromatic carbocycles. The summed E-state index contributed by atoms with van der Waals surface area (Å²) in [5.41, 5.74) is -1.05. The van der Waals surface area contributed by atoms with Crippen LogP contribution >= 0.6 is 11.6 Å². The van der Waals surface area contributed by atoms with Gasteiger partial charge >= 0.3 is 6.18 Å². The van der Waals surface area contributed by atoms with Crippen molar-refractivity contribution in [2.45, 2.75) is 6.18 Å². The zero-order valence-electron chi connectivity index (χ0n) is 10.6. The molecule has 21 heavy (non-hydrogen) atoms. The molecule has 0 amide bonds. The summed E-state index contributed by atoms with van der Waals surface area (Å²) in [6.07, 6.45) is -1.29. The van der Waals surface area contributed by atoms with Crippen LogP contribution in [0.5, 0.6) is 0 Å². The highest BCUT2D eigenvalue weighted by Crippen LogP contribution is 2.37. The van der Waals surface area contributed by atoms with Gasteiger partial charge in [0.2, 0.25) is 5.95 Å². The van der Waals surface area contributed by atoms with E-state index in [1.165, 1.54) is 7.05 Å². The summed E-state index contributed by atoms with van der Waals surface area (Å²) >= 11 is 5.75. The third-order valence-electron chi connectivity index (χ3n) is 2.62. The molecule has 2 rings (SSSR count). The van der Waals surface area contributed by atoms with E-state index < -0.39 is 11.7 Å². The van der Waals surface area contributed by atoms with Crippen LogP contribution in [0.15, 0.2) is 24.7 Å². The minimum atomic E-state index is -4.54. The van der Waals surface area contributed by atoms with Crippen LogP contribution in [0.4, 0.5) is 24.8 Å². The number of nitriles is 1. The summed E-state index contributed by atoms with van der Waals surface area (Å²) in [5, 5.41) is 8.60. The molecule has 0 unspecified atom stereocenters. The zero-order chi connectivity index (χ0) is 15.6. The Morgan fingerprint density at radius 2 is 2.05 bits per heavy atom. The van der Waals surface area contributed by atoms with Gasteiger partial charge in [0.1, 0.15) is 11.6 Å². The van der Waals surface area contributed by atoms with Crippen LogP contribution in [0.3, 0.4) is 0 Å². The van der Waals surface area contributed by atoms with Crippen molar-refractivity contribution in [2.75, 3.05) is 11.9 Å². The van der Waals surface area contributed by atoms with Gasteiger partial charge in [0.25, 0.3) is 0 Å². The average Bonchev–Trinajstić information content (AvgIpc) is 2.45. The van der Waals surface area contributed by atoms with Crippen LogP contribution in [0.1, 0.15) is 11.1 Å². The second-order valence-corrected chi connectivity index (χ2v) is 4.29. The predicted octanol–water partition coefficient (Wildman–Crippen LogP) is 3.18. The number of aromatic nitrogens is 3. The van der Waals surface area contributed by atoms with Crippen molar-refractivity contribution in [3.63, 3.8) is 0 Å². The topological polar surface area (TPSA) is 65.7 Å². The quantitative estimate of drug-likeness (QED) is 0.797. The van der Waals surface area contributed by atoms with Crippen LogP contribution in [0.25, 0.3) is 0 Å². The summed E-state index contributed by atoms with van der Waals surface area (Å²) in [5.74, 6) is -0.0718. The summed E-state index contributed by atoms with van der Waals surface area (Å²) in [7, 11) is 1.35. The number of pyridine rings is 1. The third-order valence-corrected chi connectivity index (χ3v) is 2.90. The molecule has 0 atom stereocenters. The smallest absolute Gasteiger partial charge is 0.311 e. The van der Waals surface area contributed by atoms with E-state index in [0.717, 1.165) is 29.6 Å². The van der Waals surface area contributed by atoms with E-state index in [4.69, 9.17) is 16.9 Å². The van der Waals surface area contributed by atoms with Crippen molar-refractivity contribution in [1.82, 2.24) is 15.0 Å². The molecule has 2 aromatic heterocycles. The maximum absolute atomic E-state index is 13.0. The van der Waals surface area contributed by atoms with Crippen LogP contribution in [0.2, 0.25) is 5.15 Å². The molecular formula is C12H7ClF3N5. The lowest BCUT2D eigenvalue weighted by Gasteiger charge is -2.21. The highest BCUT2D eigenvalue weighted by molar-refractivity contribution is 6.30. The standard InChI is InChI=1S/C12H7ClF3N5/c1-21(11-19-5-7(4-17)10(13)20-11)9-6-18-3-2-8(9)12(14,15)16/h2-3,5-6H,1H3. The number of rotatable bonds is 2. The van der Waals surface area contributed by atoms with Gasteiger partial charge in [-0.15, -0.1) is 0 Å². The Kier molecular flexibility index (Phi) is 3.95. The van der Waals surface area contributed by atoms with E-state index >= 15 is 0 Å². The van der Waals surface area contributed by atoms with Gasteiger partial charge in [0.05, 0.1) is 23.6 Å². The SMILES string of the molecule is CN(c1ncc(C#N)c(Cl)n1)c1cnccc1C(F)(F)F. The largest absolute Gasteiger partial charge is 0.418 e. The maximum Gasteiger partial charge on any atom is 0.418 e. The molecule has 2 aromatic rings. The molecule has 0 aliphatic carbocycles. The van der Waals surface area contributed by atoms with E-state index in [2.05, 4.69) is 15.0 Å². The fraction of sp³-hybridized carbons (Fsp3) is 0.167. The Morgan fingerprint density at radius 3 is 2.62 bits per heavy atom. The number of anilines is 2. The Bertz CT molecular complexity index is 711. The number of hydrogen-bond acceptors (Lipinski definition) is 5.